The second-order valence-corrected chi connectivity index (χ2v) is 5.53. The number of alkyl halides is 3. The van der Waals surface area contributed by atoms with Crippen LogP contribution in [0.4, 0.5) is 13.2 Å². The minimum atomic E-state index is -4.51. The van der Waals surface area contributed by atoms with Gasteiger partial charge in [-0.2, -0.15) is 13.2 Å². The van der Waals surface area contributed by atoms with Gasteiger partial charge in [0.2, 0.25) is 0 Å². The highest BCUT2D eigenvalue weighted by atomic mass is 19.4. The van der Waals surface area contributed by atoms with E-state index in [1.165, 1.54) is 13.0 Å². The first-order valence-corrected chi connectivity index (χ1v) is 7.44. The third-order valence-corrected chi connectivity index (χ3v) is 3.85. The van der Waals surface area contributed by atoms with E-state index >= 15 is 0 Å². The molecule has 1 N–H and O–H groups in total. The molecule has 1 amide bonds. The maximum atomic E-state index is 12.6. The van der Waals surface area contributed by atoms with Gasteiger partial charge in [-0.3, -0.25) is 9.69 Å². The Morgan fingerprint density at radius 1 is 1.39 bits per heavy atom. The van der Waals surface area contributed by atoms with Gasteiger partial charge in [0.1, 0.15) is 5.69 Å². The lowest BCUT2D eigenvalue weighted by molar-refractivity contribution is -0.141. The van der Waals surface area contributed by atoms with Gasteiger partial charge in [-0.1, -0.05) is 0 Å². The van der Waals surface area contributed by atoms with Crippen LogP contribution in [0.15, 0.2) is 12.1 Å². The first-order valence-electron chi connectivity index (χ1n) is 7.44. The van der Waals surface area contributed by atoms with E-state index < -0.39 is 17.8 Å². The fourth-order valence-electron chi connectivity index (χ4n) is 2.44. The predicted molar refractivity (Wildman–Crippen MR) is 78.2 cm³/mol. The second kappa shape index (κ2) is 7.27. The number of pyridine rings is 1. The minimum Gasteiger partial charge on any atom is -0.379 e. The first kappa shape index (κ1) is 17.7. The summed E-state index contributed by atoms with van der Waals surface area (Å²) < 4.78 is 43.0. The van der Waals surface area contributed by atoms with Crippen molar-refractivity contribution < 1.29 is 22.7 Å². The molecule has 5 nitrogen and oxygen atoms in total. The van der Waals surface area contributed by atoms with E-state index in [4.69, 9.17) is 4.74 Å². The van der Waals surface area contributed by atoms with Crippen LogP contribution in [0.5, 0.6) is 0 Å². The molecule has 1 aliphatic rings. The summed E-state index contributed by atoms with van der Waals surface area (Å²) in [6.07, 6.45) is -4.51. The van der Waals surface area contributed by atoms with Crippen LogP contribution in [0.25, 0.3) is 0 Å². The van der Waals surface area contributed by atoms with Crippen LogP contribution in [-0.2, 0) is 10.9 Å². The highest BCUT2D eigenvalue weighted by Gasteiger charge is 2.33. The normalized spacial score (nSPS) is 17.8. The molecule has 1 fully saturated rings. The fourth-order valence-corrected chi connectivity index (χ4v) is 2.44. The molecule has 23 heavy (non-hydrogen) atoms. The van der Waals surface area contributed by atoms with E-state index in [0.717, 1.165) is 19.2 Å². The Bertz CT molecular complexity index is 557. The summed E-state index contributed by atoms with van der Waals surface area (Å²) >= 11 is 0. The lowest BCUT2D eigenvalue weighted by Gasteiger charge is -2.32. The number of rotatable bonds is 4. The number of aromatic nitrogens is 1. The van der Waals surface area contributed by atoms with Gasteiger partial charge in [0.15, 0.2) is 0 Å². The average Bonchev–Trinajstić information content (AvgIpc) is 2.52. The van der Waals surface area contributed by atoms with E-state index in [1.54, 1.807) is 0 Å². The Morgan fingerprint density at radius 2 is 2.04 bits per heavy atom. The molecule has 0 bridgehead atoms. The van der Waals surface area contributed by atoms with Crippen molar-refractivity contribution in [1.29, 1.82) is 0 Å². The number of ether oxygens (including phenoxy) is 1. The van der Waals surface area contributed by atoms with E-state index in [1.807, 2.05) is 6.92 Å². The number of halogens is 3. The molecule has 1 aromatic rings. The number of carbonyl (C=O) groups is 1. The second-order valence-electron chi connectivity index (χ2n) is 5.53. The van der Waals surface area contributed by atoms with Crippen LogP contribution in [0.3, 0.4) is 0 Å². The van der Waals surface area contributed by atoms with Crippen LogP contribution in [0, 0.1) is 6.92 Å². The van der Waals surface area contributed by atoms with E-state index in [2.05, 4.69) is 15.2 Å². The van der Waals surface area contributed by atoms with Crippen molar-refractivity contribution in [1.82, 2.24) is 15.2 Å². The van der Waals surface area contributed by atoms with Crippen LogP contribution < -0.4 is 5.32 Å². The molecule has 0 saturated carbocycles. The molecule has 2 rings (SSSR count). The summed E-state index contributed by atoms with van der Waals surface area (Å²) in [5.41, 5.74) is -0.767. The van der Waals surface area contributed by atoms with Gasteiger partial charge < -0.3 is 10.1 Å². The molecule has 0 radical (unpaired) electrons. The number of nitrogens with one attached hydrogen (secondary N) is 1. The SMILES string of the molecule is Cc1nc(C(F)(F)F)ccc1C(=O)NCC(C)N1CCOCC1. The third-order valence-electron chi connectivity index (χ3n) is 3.85. The van der Waals surface area contributed by atoms with E-state index in [9.17, 15) is 18.0 Å². The summed E-state index contributed by atoms with van der Waals surface area (Å²) in [5.74, 6) is -0.413. The summed E-state index contributed by atoms with van der Waals surface area (Å²) in [5, 5.41) is 2.75. The zero-order valence-corrected chi connectivity index (χ0v) is 13.1. The molecule has 1 saturated heterocycles. The summed E-state index contributed by atoms with van der Waals surface area (Å²) in [4.78, 5) is 17.8. The number of amides is 1. The van der Waals surface area contributed by atoms with Gasteiger partial charge in [-0.15, -0.1) is 0 Å². The molecule has 0 aromatic carbocycles. The summed E-state index contributed by atoms with van der Waals surface area (Å²) in [6.45, 7) is 6.74. The standard InChI is InChI=1S/C15H20F3N3O2/c1-10(21-5-7-23-8-6-21)9-19-14(22)12-3-4-13(15(16,17)18)20-11(12)2/h3-4,10H,5-9H2,1-2H3,(H,19,22). The van der Waals surface area contributed by atoms with Gasteiger partial charge in [-0.05, 0) is 26.0 Å². The van der Waals surface area contributed by atoms with E-state index in [0.29, 0.717) is 19.8 Å². The Morgan fingerprint density at radius 3 is 2.61 bits per heavy atom. The highest BCUT2D eigenvalue weighted by Crippen LogP contribution is 2.28. The van der Waals surface area contributed by atoms with Crippen molar-refractivity contribution in [2.75, 3.05) is 32.8 Å². The zero-order chi connectivity index (χ0) is 17.0. The van der Waals surface area contributed by atoms with E-state index in [-0.39, 0.29) is 17.3 Å². The van der Waals surface area contributed by atoms with Crippen molar-refractivity contribution in [3.05, 3.63) is 29.1 Å². The Hall–Kier alpha value is -1.67. The molecule has 1 aromatic heterocycles. The quantitative estimate of drug-likeness (QED) is 0.915. The van der Waals surface area contributed by atoms with Crippen LogP contribution in [0.2, 0.25) is 0 Å². The molecule has 1 unspecified atom stereocenters. The van der Waals surface area contributed by atoms with Gasteiger partial charge in [0.25, 0.3) is 5.91 Å². The molecule has 8 heteroatoms. The molecular weight excluding hydrogens is 311 g/mol. The maximum absolute atomic E-state index is 12.6. The topological polar surface area (TPSA) is 54.5 Å². The number of aryl methyl sites for hydroxylation is 1. The molecule has 1 atom stereocenters. The zero-order valence-electron chi connectivity index (χ0n) is 13.1. The number of carbonyl (C=O) groups excluding carboxylic acids is 1. The Balaban J connectivity index is 1.95. The number of morpholine rings is 1. The largest absolute Gasteiger partial charge is 0.433 e. The van der Waals surface area contributed by atoms with Crippen LogP contribution >= 0.6 is 0 Å². The maximum Gasteiger partial charge on any atom is 0.433 e. The molecular formula is C15H20F3N3O2. The van der Waals surface area contributed by atoms with Crippen molar-refractivity contribution in [2.45, 2.75) is 26.1 Å². The number of nitrogens with zero attached hydrogens (tertiary/aromatic N) is 2. The molecule has 1 aliphatic heterocycles. The lowest BCUT2D eigenvalue weighted by Crippen LogP contribution is -2.47. The van der Waals surface area contributed by atoms with Crippen molar-refractivity contribution >= 4 is 5.91 Å². The average molecular weight is 331 g/mol. The van der Waals surface area contributed by atoms with Crippen molar-refractivity contribution in [3.8, 4) is 0 Å². The summed E-state index contributed by atoms with van der Waals surface area (Å²) in [7, 11) is 0. The number of hydrogen-bond donors (Lipinski definition) is 1. The number of hydrogen-bond acceptors (Lipinski definition) is 4. The van der Waals surface area contributed by atoms with Crippen LogP contribution in [0.1, 0.15) is 28.7 Å². The predicted octanol–water partition coefficient (Wildman–Crippen LogP) is 1.86. The minimum absolute atomic E-state index is 0.0661. The monoisotopic (exact) mass is 331 g/mol. The van der Waals surface area contributed by atoms with Crippen LogP contribution in [-0.4, -0.2) is 54.7 Å². The van der Waals surface area contributed by atoms with Gasteiger partial charge in [0.05, 0.1) is 24.5 Å². The van der Waals surface area contributed by atoms with Gasteiger partial charge in [0, 0.05) is 25.7 Å². The lowest BCUT2D eigenvalue weighted by atomic mass is 10.1. The molecule has 2 heterocycles. The summed E-state index contributed by atoms with van der Waals surface area (Å²) in [6, 6.07) is 2.12. The van der Waals surface area contributed by atoms with Crippen molar-refractivity contribution in [3.63, 3.8) is 0 Å². The molecule has 0 aliphatic carbocycles. The van der Waals surface area contributed by atoms with Gasteiger partial charge in [-0.25, -0.2) is 4.98 Å². The Kier molecular flexibility index (Phi) is 5.59. The fraction of sp³-hybridized carbons (Fsp3) is 0.600. The smallest absolute Gasteiger partial charge is 0.379 e. The first-order chi connectivity index (χ1) is 10.8. The molecule has 128 valence electrons. The highest BCUT2D eigenvalue weighted by molar-refractivity contribution is 5.95. The Labute approximate surface area is 132 Å². The third kappa shape index (κ3) is 4.65. The van der Waals surface area contributed by atoms with Crippen molar-refractivity contribution in [2.24, 2.45) is 0 Å². The van der Waals surface area contributed by atoms with Gasteiger partial charge >= 0.3 is 6.18 Å². The molecule has 0 spiro atoms.